The maximum Gasteiger partial charge on any atom is 0.413 e. The molecule has 6 heteroatoms. The first-order valence-corrected chi connectivity index (χ1v) is 10.0. The number of carbonyl (C=O) groups is 1. The van der Waals surface area contributed by atoms with Gasteiger partial charge in [0.1, 0.15) is 29.2 Å². The molecule has 0 unspecified atom stereocenters. The minimum absolute atomic E-state index is 0.365. The van der Waals surface area contributed by atoms with Crippen molar-refractivity contribution in [3.8, 4) is 5.75 Å². The van der Waals surface area contributed by atoms with E-state index in [2.05, 4.69) is 4.99 Å². The standard InChI is InChI=1S/C24H30N2O4/c1-23(2,3)30-22(27)26-20(16-25-18-12-14-19(28-6)15-13-18)21(29-24(26,4)5)17-10-8-7-9-11-17/h7-16,20-21H,1-6H3/t20-,21-/m0/s1. The van der Waals surface area contributed by atoms with Gasteiger partial charge in [-0.15, -0.1) is 0 Å². The average molecular weight is 411 g/mol. The summed E-state index contributed by atoms with van der Waals surface area (Å²) >= 11 is 0. The summed E-state index contributed by atoms with van der Waals surface area (Å²) in [6.45, 7) is 9.29. The molecular weight excluding hydrogens is 380 g/mol. The maximum absolute atomic E-state index is 13.1. The Labute approximate surface area is 178 Å². The number of methoxy groups -OCH3 is 1. The van der Waals surface area contributed by atoms with Gasteiger partial charge in [0.25, 0.3) is 0 Å². The quantitative estimate of drug-likeness (QED) is 0.624. The van der Waals surface area contributed by atoms with Crippen molar-refractivity contribution >= 4 is 18.0 Å². The fourth-order valence-electron chi connectivity index (χ4n) is 3.47. The highest BCUT2D eigenvalue weighted by atomic mass is 16.6. The summed E-state index contributed by atoms with van der Waals surface area (Å²) in [5.41, 5.74) is 0.258. The van der Waals surface area contributed by atoms with Gasteiger partial charge < -0.3 is 14.2 Å². The number of hydrogen-bond donors (Lipinski definition) is 0. The number of aliphatic imine (C=N–C) groups is 1. The average Bonchev–Trinajstić information content (AvgIpc) is 2.96. The fraction of sp³-hybridized carbons (Fsp3) is 0.417. The third-order valence-electron chi connectivity index (χ3n) is 4.77. The second-order valence-corrected chi connectivity index (χ2v) is 8.71. The van der Waals surface area contributed by atoms with E-state index in [0.29, 0.717) is 0 Å². The van der Waals surface area contributed by atoms with Crippen molar-refractivity contribution in [2.75, 3.05) is 7.11 Å². The second-order valence-electron chi connectivity index (χ2n) is 8.71. The van der Waals surface area contributed by atoms with E-state index in [4.69, 9.17) is 14.2 Å². The molecule has 0 saturated carbocycles. The summed E-state index contributed by atoms with van der Waals surface area (Å²) in [7, 11) is 1.62. The molecule has 3 rings (SSSR count). The van der Waals surface area contributed by atoms with E-state index in [9.17, 15) is 4.79 Å². The molecule has 2 atom stereocenters. The first-order valence-electron chi connectivity index (χ1n) is 10.0. The Bertz CT molecular complexity index is 886. The van der Waals surface area contributed by atoms with Gasteiger partial charge in [-0.3, -0.25) is 9.89 Å². The zero-order valence-electron chi connectivity index (χ0n) is 18.5. The van der Waals surface area contributed by atoms with Crippen LogP contribution >= 0.6 is 0 Å². The van der Waals surface area contributed by atoms with Gasteiger partial charge in [0, 0.05) is 6.21 Å². The number of rotatable bonds is 4. The van der Waals surface area contributed by atoms with Crippen LogP contribution in [0.4, 0.5) is 10.5 Å². The fourth-order valence-corrected chi connectivity index (χ4v) is 3.47. The Morgan fingerprint density at radius 2 is 1.73 bits per heavy atom. The normalized spacial score (nSPS) is 21.1. The molecule has 6 nitrogen and oxygen atoms in total. The van der Waals surface area contributed by atoms with Crippen LogP contribution < -0.4 is 4.74 Å². The lowest BCUT2D eigenvalue weighted by Crippen LogP contribution is -2.50. The zero-order chi connectivity index (χ0) is 21.9. The summed E-state index contributed by atoms with van der Waals surface area (Å²) in [6, 6.07) is 16.9. The summed E-state index contributed by atoms with van der Waals surface area (Å²) in [5, 5.41) is 0. The number of amides is 1. The van der Waals surface area contributed by atoms with E-state index in [1.54, 1.807) is 18.2 Å². The van der Waals surface area contributed by atoms with Crippen molar-refractivity contribution in [2.24, 2.45) is 4.99 Å². The Hall–Kier alpha value is -2.86. The summed E-state index contributed by atoms with van der Waals surface area (Å²) in [6.07, 6.45) is 0.964. The van der Waals surface area contributed by atoms with E-state index < -0.39 is 23.5 Å². The number of ether oxygens (including phenoxy) is 3. The van der Waals surface area contributed by atoms with Crippen LogP contribution in [0.15, 0.2) is 59.6 Å². The molecule has 0 radical (unpaired) electrons. The molecule has 0 N–H and O–H groups in total. The Kier molecular flexibility index (Phi) is 6.17. The number of hydrogen-bond acceptors (Lipinski definition) is 5. The molecule has 1 fully saturated rings. The highest BCUT2D eigenvalue weighted by Gasteiger charge is 2.51. The highest BCUT2D eigenvalue weighted by Crippen LogP contribution is 2.41. The van der Waals surface area contributed by atoms with Gasteiger partial charge in [-0.25, -0.2) is 4.79 Å². The van der Waals surface area contributed by atoms with Gasteiger partial charge in [-0.2, -0.15) is 0 Å². The molecule has 30 heavy (non-hydrogen) atoms. The molecule has 1 aliphatic rings. The van der Waals surface area contributed by atoms with Crippen LogP contribution in [0.2, 0.25) is 0 Å². The predicted molar refractivity (Wildman–Crippen MR) is 117 cm³/mol. The van der Waals surface area contributed by atoms with Gasteiger partial charge in [-0.05, 0) is 64.4 Å². The maximum atomic E-state index is 13.1. The van der Waals surface area contributed by atoms with E-state index in [1.807, 2.05) is 89.2 Å². The van der Waals surface area contributed by atoms with Crippen LogP contribution in [0.5, 0.6) is 5.75 Å². The van der Waals surface area contributed by atoms with Crippen molar-refractivity contribution < 1.29 is 19.0 Å². The largest absolute Gasteiger partial charge is 0.497 e. The molecule has 0 aromatic heterocycles. The Morgan fingerprint density at radius 1 is 1.10 bits per heavy atom. The number of carbonyl (C=O) groups excluding carboxylic acids is 1. The van der Waals surface area contributed by atoms with Crippen molar-refractivity contribution in [1.82, 2.24) is 4.90 Å². The van der Waals surface area contributed by atoms with Crippen molar-refractivity contribution in [1.29, 1.82) is 0 Å². The Balaban J connectivity index is 1.97. The second kappa shape index (κ2) is 8.48. The third-order valence-corrected chi connectivity index (χ3v) is 4.77. The van der Waals surface area contributed by atoms with E-state index in [-0.39, 0.29) is 6.10 Å². The van der Waals surface area contributed by atoms with Crippen LogP contribution in [-0.4, -0.2) is 41.7 Å². The predicted octanol–water partition coefficient (Wildman–Crippen LogP) is 5.51. The van der Waals surface area contributed by atoms with Gasteiger partial charge in [0.05, 0.1) is 12.8 Å². The molecular formula is C24H30N2O4. The molecule has 1 amide bonds. The molecule has 0 spiro atoms. The van der Waals surface area contributed by atoms with Gasteiger partial charge >= 0.3 is 6.09 Å². The van der Waals surface area contributed by atoms with Crippen LogP contribution in [0.1, 0.15) is 46.3 Å². The first kappa shape index (κ1) is 21.8. The summed E-state index contributed by atoms with van der Waals surface area (Å²) in [4.78, 5) is 19.4. The van der Waals surface area contributed by atoms with Gasteiger partial charge in [-0.1, -0.05) is 30.3 Å². The molecule has 1 aliphatic heterocycles. The lowest BCUT2D eigenvalue weighted by Gasteiger charge is -2.34. The lowest BCUT2D eigenvalue weighted by molar-refractivity contribution is -0.0792. The van der Waals surface area contributed by atoms with Crippen molar-refractivity contribution in [3.63, 3.8) is 0 Å². The van der Waals surface area contributed by atoms with E-state index >= 15 is 0 Å². The van der Waals surface area contributed by atoms with Gasteiger partial charge in [0.15, 0.2) is 0 Å². The molecule has 160 valence electrons. The first-order chi connectivity index (χ1) is 14.1. The van der Waals surface area contributed by atoms with Crippen LogP contribution in [-0.2, 0) is 9.47 Å². The summed E-state index contributed by atoms with van der Waals surface area (Å²) in [5.74, 6) is 0.761. The minimum Gasteiger partial charge on any atom is -0.497 e. The Morgan fingerprint density at radius 3 is 2.30 bits per heavy atom. The van der Waals surface area contributed by atoms with Crippen molar-refractivity contribution in [2.45, 2.75) is 58.1 Å². The van der Waals surface area contributed by atoms with Gasteiger partial charge in [0.2, 0.25) is 0 Å². The molecule has 0 bridgehead atoms. The number of benzene rings is 2. The molecule has 2 aromatic rings. The monoisotopic (exact) mass is 410 g/mol. The third kappa shape index (κ3) is 5.00. The highest BCUT2D eigenvalue weighted by molar-refractivity contribution is 5.79. The topological polar surface area (TPSA) is 60.4 Å². The van der Waals surface area contributed by atoms with E-state index in [1.165, 1.54) is 0 Å². The summed E-state index contributed by atoms with van der Waals surface area (Å²) < 4.78 is 17.2. The van der Waals surface area contributed by atoms with Crippen molar-refractivity contribution in [3.05, 3.63) is 60.2 Å². The minimum atomic E-state index is -0.862. The zero-order valence-corrected chi connectivity index (χ0v) is 18.5. The molecule has 0 aliphatic carbocycles. The van der Waals surface area contributed by atoms with Crippen LogP contribution in [0.25, 0.3) is 0 Å². The molecule has 1 saturated heterocycles. The SMILES string of the molecule is COc1ccc(N=C[C@H]2[C@H](c3ccccc3)OC(C)(C)N2C(=O)OC(C)(C)C)cc1. The van der Waals surface area contributed by atoms with E-state index in [0.717, 1.165) is 17.0 Å². The molecule has 1 heterocycles. The van der Waals surface area contributed by atoms with Crippen LogP contribution in [0.3, 0.4) is 0 Å². The smallest absolute Gasteiger partial charge is 0.413 e. The number of nitrogens with zero attached hydrogens (tertiary/aromatic N) is 2. The lowest BCUT2D eigenvalue weighted by atomic mass is 10.0. The van der Waals surface area contributed by atoms with Crippen LogP contribution in [0, 0.1) is 0 Å². The molecule has 2 aromatic carbocycles.